The maximum Gasteiger partial charge on any atom is 0.0683 e. The number of hydrogen-bond donors (Lipinski definition) is 0. The van der Waals surface area contributed by atoms with Crippen LogP contribution in [0.4, 0.5) is 0 Å². The molecule has 0 aromatic rings. The Morgan fingerprint density at radius 1 is 1.33 bits per heavy atom. The van der Waals surface area contributed by atoms with Crippen molar-refractivity contribution in [2.75, 3.05) is 33.2 Å². The number of rotatable bonds is 6. The molecule has 3 nitrogen and oxygen atoms in total. The summed E-state index contributed by atoms with van der Waals surface area (Å²) < 4.78 is 0. The highest BCUT2D eigenvalue weighted by Gasteiger charge is 2.22. The molecule has 1 heterocycles. The summed E-state index contributed by atoms with van der Waals surface area (Å²) in [6, 6.07) is 3.13. The average molecular weight is 251 g/mol. The Bertz CT molecular complexity index is 272. The van der Waals surface area contributed by atoms with E-state index in [1.165, 1.54) is 32.5 Å². The van der Waals surface area contributed by atoms with Crippen LogP contribution in [0.5, 0.6) is 0 Å². The molecule has 0 aliphatic carbocycles. The van der Waals surface area contributed by atoms with E-state index in [9.17, 15) is 0 Å². The molecule has 0 aromatic carbocycles. The van der Waals surface area contributed by atoms with Gasteiger partial charge < -0.3 is 9.80 Å². The zero-order valence-corrected chi connectivity index (χ0v) is 12.6. The van der Waals surface area contributed by atoms with Gasteiger partial charge in [-0.25, -0.2) is 0 Å². The van der Waals surface area contributed by atoms with Crippen LogP contribution in [-0.4, -0.2) is 49.1 Å². The summed E-state index contributed by atoms with van der Waals surface area (Å²) in [5.41, 5.74) is -0.160. The highest BCUT2D eigenvalue weighted by Crippen LogP contribution is 2.22. The summed E-state index contributed by atoms with van der Waals surface area (Å²) in [5.74, 6) is 0. The summed E-state index contributed by atoms with van der Waals surface area (Å²) in [5, 5.41) is 9.00. The molecule has 0 bridgehead atoms. The summed E-state index contributed by atoms with van der Waals surface area (Å²) in [6.07, 6.45) is 4.73. The predicted molar refractivity (Wildman–Crippen MR) is 76.4 cm³/mol. The number of nitrogens with zero attached hydrogens (tertiary/aromatic N) is 3. The quantitative estimate of drug-likeness (QED) is 0.727. The van der Waals surface area contributed by atoms with Gasteiger partial charge in [0.2, 0.25) is 0 Å². The second-order valence-electron chi connectivity index (χ2n) is 6.25. The SMILES string of the molecule is CCN1CCC(N(C)CCCC(C)(C)C#N)CC1. The second kappa shape index (κ2) is 7.11. The van der Waals surface area contributed by atoms with Gasteiger partial charge in [-0.05, 0) is 72.8 Å². The van der Waals surface area contributed by atoms with E-state index in [2.05, 4.69) is 29.8 Å². The van der Waals surface area contributed by atoms with Gasteiger partial charge >= 0.3 is 0 Å². The molecule has 0 atom stereocenters. The van der Waals surface area contributed by atoms with Gasteiger partial charge in [0, 0.05) is 6.04 Å². The van der Waals surface area contributed by atoms with E-state index in [1.54, 1.807) is 0 Å². The Kier molecular flexibility index (Phi) is 6.11. The fraction of sp³-hybridized carbons (Fsp3) is 0.933. The molecule has 1 aliphatic heterocycles. The molecule has 1 rings (SSSR count). The number of likely N-dealkylation sites (tertiary alicyclic amines) is 1. The van der Waals surface area contributed by atoms with Crippen molar-refractivity contribution in [1.82, 2.24) is 9.80 Å². The number of piperidine rings is 1. The van der Waals surface area contributed by atoms with E-state index in [0.717, 1.165) is 25.4 Å². The monoisotopic (exact) mass is 251 g/mol. The minimum atomic E-state index is -0.160. The van der Waals surface area contributed by atoms with Crippen LogP contribution in [0, 0.1) is 16.7 Å². The molecule has 0 radical (unpaired) electrons. The van der Waals surface area contributed by atoms with Gasteiger partial charge in [-0.15, -0.1) is 0 Å². The zero-order valence-electron chi connectivity index (χ0n) is 12.6. The molecular formula is C15H29N3. The highest BCUT2D eigenvalue weighted by atomic mass is 15.2. The lowest BCUT2D eigenvalue weighted by atomic mass is 9.89. The van der Waals surface area contributed by atoms with Gasteiger partial charge in [-0.2, -0.15) is 5.26 Å². The predicted octanol–water partition coefficient (Wildman–Crippen LogP) is 2.73. The molecule has 0 saturated carbocycles. The first-order valence-electron chi connectivity index (χ1n) is 7.32. The molecule has 0 N–H and O–H groups in total. The molecule has 1 fully saturated rings. The van der Waals surface area contributed by atoms with Crippen molar-refractivity contribution >= 4 is 0 Å². The molecule has 1 aliphatic rings. The van der Waals surface area contributed by atoms with E-state index in [4.69, 9.17) is 5.26 Å². The minimum Gasteiger partial charge on any atom is -0.303 e. The van der Waals surface area contributed by atoms with Gasteiger partial charge in [-0.3, -0.25) is 0 Å². The lowest BCUT2D eigenvalue weighted by molar-refractivity contribution is 0.128. The Balaban J connectivity index is 2.22. The topological polar surface area (TPSA) is 30.3 Å². The fourth-order valence-electron chi connectivity index (χ4n) is 2.69. The third-order valence-electron chi connectivity index (χ3n) is 4.24. The first kappa shape index (κ1) is 15.5. The summed E-state index contributed by atoms with van der Waals surface area (Å²) in [6.45, 7) is 11.1. The lowest BCUT2D eigenvalue weighted by Crippen LogP contribution is -2.43. The highest BCUT2D eigenvalue weighted by molar-refractivity contribution is 4.91. The van der Waals surface area contributed by atoms with E-state index in [1.807, 2.05) is 13.8 Å². The summed E-state index contributed by atoms with van der Waals surface area (Å²) in [4.78, 5) is 5.03. The first-order valence-corrected chi connectivity index (χ1v) is 7.32. The molecular weight excluding hydrogens is 222 g/mol. The number of hydrogen-bond acceptors (Lipinski definition) is 3. The largest absolute Gasteiger partial charge is 0.303 e. The molecule has 18 heavy (non-hydrogen) atoms. The van der Waals surface area contributed by atoms with E-state index in [-0.39, 0.29) is 5.41 Å². The summed E-state index contributed by atoms with van der Waals surface area (Å²) in [7, 11) is 2.24. The van der Waals surface area contributed by atoms with Gasteiger partial charge in [0.15, 0.2) is 0 Å². The Hall–Kier alpha value is -0.590. The lowest BCUT2D eigenvalue weighted by Gasteiger charge is -2.36. The third kappa shape index (κ3) is 4.96. The minimum absolute atomic E-state index is 0.160. The van der Waals surface area contributed by atoms with Crippen LogP contribution in [0.2, 0.25) is 0 Å². The van der Waals surface area contributed by atoms with E-state index in [0.29, 0.717) is 0 Å². The van der Waals surface area contributed by atoms with Crippen LogP contribution in [0.25, 0.3) is 0 Å². The van der Waals surface area contributed by atoms with E-state index < -0.39 is 0 Å². The van der Waals surface area contributed by atoms with Gasteiger partial charge in [0.25, 0.3) is 0 Å². The van der Waals surface area contributed by atoms with Crippen molar-refractivity contribution in [3.05, 3.63) is 0 Å². The maximum atomic E-state index is 9.00. The molecule has 0 aromatic heterocycles. The van der Waals surface area contributed by atoms with Crippen molar-refractivity contribution in [3.8, 4) is 6.07 Å². The van der Waals surface area contributed by atoms with Crippen molar-refractivity contribution in [2.45, 2.75) is 52.5 Å². The Labute approximate surface area is 113 Å². The van der Waals surface area contributed by atoms with Gasteiger partial charge in [0.05, 0.1) is 11.5 Å². The third-order valence-corrected chi connectivity index (χ3v) is 4.24. The van der Waals surface area contributed by atoms with Crippen LogP contribution < -0.4 is 0 Å². The molecule has 0 unspecified atom stereocenters. The summed E-state index contributed by atoms with van der Waals surface area (Å²) >= 11 is 0. The zero-order chi connectivity index (χ0) is 13.6. The number of nitriles is 1. The van der Waals surface area contributed by atoms with Crippen LogP contribution in [-0.2, 0) is 0 Å². The van der Waals surface area contributed by atoms with Gasteiger partial charge in [-0.1, -0.05) is 6.92 Å². The van der Waals surface area contributed by atoms with E-state index >= 15 is 0 Å². The molecule has 3 heteroatoms. The van der Waals surface area contributed by atoms with Crippen molar-refractivity contribution in [2.24, 2.45) is 5.41 Å². The Morgan fingerprint density at radius 2 is 1.94 bits per heavy atom. The standard InChI is InChI=1S/C15H29N3/c1-5-18-11-7-14(8-12-18)17(4)10-6-9-15(2,3)13-16/h14H,5-12H2,1-4H3. The molecule has 0 amide bonds. The fourth-order valence-corrected chi connectivity index (χ4v) is 2.69. The normalized spacial score (nSPS) is 19.1. The molecule has 104 valence electrons. The Morgan fingerprint density at radius 3 is 2.44 bits per heavy atom. The molecule has 1 saturated heterocycles. The van der Waals surface area contributed by atoms with Crippen molar-refractivity contribution in [3.63, 3.8) is 0 Å². The van der Waals surface area contributed by atoms with Crippen LogP contribution in [0.3, 0.4) is 0 Å². The smallest absolute Gasteiger partial charge is 0.0683 e. The van der Waals surface area contributed by atoms with Crippen LogP contribution in [0.15, 0.2) is 0 Å². The van der Waals surface area contributed by atoms with Crippen molar-refractivity contribution < 1.29 is 0 Å². The molecule has 0 spiro atoms. The second-order valence-corrected chi connectivity index (χ2v) is 6.25. The van der Waals surface area contributed by atoms with Crippen LogP contribution >= 0.6 is 0 Å². The maximum absolute atomic E-state index is 9.00. The first-order chi connectivity index (χ1) is 8.48. The average Bonchev–Trinajstić information content (AvgIpc) is 2.38. The van der Waals surface area contributed by atoms with Crippen molar-refractivity contribution in [1.29, 1.82) is 5.26 Å². The van der Waals surface area contributed by atoms with Crippen LogP contribution in [0.1, 0.15) is 46.5 Å². The van der Waals surface area contributed by atoms with Gasteiger partial charge in [0.1, 0.15) is 0 Å².